The third-order valence-corrected chi connectivity index (χ3v) is 3.25. The van der Waals surface area contributed by atoms with E-state index in [9.17, 15) is 5.26 Å². The molecule has 0 unspecified atom stereocenters. The number of anilines is 1. The second kappa shape index (κ2) is 4.14. The second-order valence-corrected chi connectivity index (χ2v) is 4.47. The fourth-order valence-corrected chi connectivity index (χ4v) is 2.31. The highest BCUT2D eigenvalue weighted by atomic mass is 14.8. The smallest absolute Gasteiger partial charge is 0.141 e. The van der Waals surface area contributed by atoms with Gasteiger partial charge in [-0.25, -0.2) is 4.98 Å². The summed E-state index contributed by atoms with van der Waals surface area (Å²) < 4.78 is 0. The maximum atomic E-state index is 9.28. The number of rotatable bonds is 1. The van der Waals surface area contributed by atoms with Crippen molar-refractivity contribution in [3.63, 3.8) is 0 Å². The number of aromatic nitrogens is 2. The van der Waals surface area contributed by atoms with Crippen LogP contribution in [0.3, 0.4) is 0 Å². The molecule has 0 radical (unpaired) electrons. The van der Waals surface area contributed by atoms with Crippen LogP contribution in [-0.2, 0) is 0 Å². The van der Waals surface area contributed by atoms with E-state index in [1.165, 1.54) is 0 Å². The minimum atomic E-state index is 0.275. The highest BCUT2D eigenvalue weighted by molar-refractivity contribution is 5.88. The van der Waals surface area contributed by atoms with E-state index in [4.69, 9.17) is 5.73 Å². The Balaban J connectivity index is 2.32. The molecule has 0 atom stereocenters. The Bertz CT molecular complexity index is 809. The average molecular weight is 248 g/mol. The standard InChI is InChI=1S/C15H12N4/c1-9-8-19-15(17)12(7-16)14(9)11-2-3-13-10(6-11)4-5-18-13/h2-6,8,18H,1H3,(H2,17,19). The zero-order valence-electron chi connectivity index (χ0n) is 10.4. The molecule has 3 aromatic rings. The number of benzene rings is 1. The van der Waals surface area contributed by atoms with Crippen molar-refractivity contribution in [2.75, 3.05) is 5.73 Å². The third kappa shape index (κ3) is 1.72. The Kier molecular flexibility index (Phi) is 2.46. The van der Waals surface area contributed by atoms with Gasteiger partial charge in [0.15, 0.2) is 0 Å². The van der Waals surface area contributed by atoms with Crippen molar-refractivity contribution in [3.8, 4) is 17.2 Å². The normalized spacial score (nSPS) is 10.5. The van der Waals surface area contributed by atoms with Crippen molar-refractivity contribution in [3.05, 3.63) is 47.8 Å². The molecule has 3 N–H and O–H groups in total. The quantitative estimate of drug-likeness (QED) is 0.694. The van der Waals surface area contributed by atoms with Crippen molar-refractivity contribution in [2.24, 2.45) is 0 Å². The minimum absolute atomic E-state index is 0.275. The fourth-order valence-electron chi connectivity index (χ4n) is 2.31. The lowest BCUT2D eigenvalue weighted by atomic mass is 9.96. The number of nitrogen functional groups attached to an aromatic ring is 1. The first-order valence-electron chi connectivity index (χ1n) is 5.93. The molecule has 0 aliphatic rings. The second-order valence-electron chi connectivity index (χ2n) is 4.47. The zero-order valence-corrected chi connectivity index (χ0v) is 10.4. The molecular weight excluding hydrogens is 236 g/mol. The van der Waals surface area contributed by atoms with Gasteiger partial charge in [0, 0.05) is 23.5 Å². The molecule has 3 rings (SSSR count). The molecule has 0 amide bonds. The number of nitrogens with one attached hydrogen (secondary N) is 1. The summed E-state index contributed by atoms with van der Waals surface area (Å²) in [5.41, 5.74) is 10.1. The molecule has 2 aromatic heterocycles. The first kappa shape index (κ1) is 11.3. The van der Waals surface area contributed by atoms with Crippen molar-refractivity contribution in [1.29, 1.82) is 5.26 Å². The molecule has 0 spiro atoms. The molecule has 0 aliphatic carbocycles. The molecule has 0 saturated carbocycles. The van der Waals surface area contributed by atoms with Crippen LogP contribution in [0.1, 0.15) is 11.1 Å². The number of nitrogens with zero attached hydrogens (tertiary/aromatic N) is 2. The molecule has 1 aromatic carbocycles. The lowest BCUT2D eigenvalue weighted by Gasteiger charge is -2.10. The van der Waals surface area contributed by atoms with Crippen molar-refractivity contribution in [1.82, 2.24) is 9.97 Å². The summed E-state index contributed by atoms with van der Waals surface area (Å²) in [5, 5.41) is 10.4. The van der Waals surface area contributed by atoms with Gasteiger partial charge in [0.25, 0.3) is 0 Å². The van der Waals surface area contributed by atoms with Gasteiger partial charge in [-0.3, -0.25) is 0 Å². The van der Waals surface area contributed by atoms with Crippen LogP contribution in [0.15, 0.2) is 36.7 Å². The number of nitriles is 1. The van der Waals surface area contributed by atoms with Crippen LogP contribution in [-0.4, -0.2) is 9.97 Å². The SMILES string of the molecule is Cc1cnc(N)c(C#N)c1-c1ccc2[nH]ccc2c1. The monoisotopic (exact) mass is 248 g/mol. The van der Waals surface area contributed by atoms with Crippen LogP contribution in [0, 0.1) is 18.3 Å². The van der Waals surface area contributed by atoms with Crippen LogP contribution < -0.4 is 5.73 Å². The first-order chi connectivity index (χ1) is 9.20. The average Bonchev–Trinajstić information content (AvgIpc) is 2.88. The van der Waals surface area contributed by atoms with E-state index in [1.54, 1.807) is 6.20 Å². The zero-order chi connectivity index (χ0) is 13.4. The molecule has 0 fully saturated rings. The fraction of sp³-hybridized carbons (Fsp3) is 0.0667. The maximum Gasteiger partial charge on any atom is 0.141 e. The van der Waals surface area contributed by atoms with Crippen molar-refractivity contribution < 1.29 is 0 Å². The Morgan fingerprint density at radius 3 is 2.95 bits per heavy atom. The lowest BCUT2D eigenvalue weighted by molar-refractivity contribution is 1.26. The largest absolute Gasteiger partial charge is 0.383 e. The Morgan fingerprint density at radius 2 is 2.16 bits per heavy atom. The summed E-state index contributed by atoms with van der Waals surface area (Å²) in [6, 6.07) is 10.2. The van der Waals surface area contributed by atoms with Gasteiger partial charge >= 0.3 is 0 Å². The molecular formula is C15H12N4. The number of nitrogens with two attached hydrogens (primary N) is 1. The van der Waals surface area contributed by atoms with Gasteiger partial charge in [0.2, 0.25) is 0 Å². The van der Waals surface area contributed by atoms with Gasteiger partial charge in [-0.1, -0.05) is 6.07 Å². The summed E-state index contributed by atoms with van der Waals surface area (Å²) in [6.07, 6.45) is 3.60. The molecule has 0 bridgehead atoms. The Hall–Kier alpha value is -2.80. The molecule has 4 nitrogen and oxygen atoms in total. The number of hydrogen-bond acceptors (Lipinski definition) is 3. The van der Waals surface area contributed by atoms with Crippen LogP contribution in [0.2, 0.25) is 0 Å². The summed E-state index contributed by atoms with van der Waals surface area (Å²) in [7, 11) is 0. The minimum Gasteiger partial charge on any atom is -0.383 e. The van der Waals surface area contributed by atoms with Gasteiger partial charge in [-0.15, -0.1) is 0 Å². The maximum absolute atomic E-state index is 9.28. The van der Waals surface area contributed by atoms with E-state index in [-0.39, 0.29) is 5.82 Å². The van der Waals surface area contributed by atoms with Crippen LogP contribution in [0.4, 0.5) is 5.82 Å². The van der Waals surface area contributed by atoms with Crippen LogP contribution in [0.25, 0.3) is 22.0 Å². The topological polar surface area (TPSA) is 78.5 Å². The number of fused-ring (bicyclic) bond motifs is 1. The van der Waals surface area contributed by atoms with E-state index < -0.39 is 0 Å². The molecule has 0 saturated heterocycles. The van der Waals surface area contributed by atoms with Crippen molar-refractivity contribution in [2.45, 2.75) is 6.92 Å². The third-order valence-electron chi connectivity index (χ3n) is 3.25. The predicted molar refractivity (Wildman–Crippen MR) is 75.4 cm³/mol. The molecule has 2 heterocycles. The van der Waals surface area contributed by atoms with Gasteiger partial charge < -0.3 is 10.7 Å². The number of H-pyrrole nitrogens is 1. The van der Waals surface area contributed by atoms with Crippen LogP contribution in [0.5, 0.6) is 0 Å². The number of pyridine rings is 1. The number of aromatic amines is 1. The number of aryl methyl sites for hydroxylation is 1. The molecule has 92 valence electrons. The first-order valence-corrected chi connectivity index (χ1v) is 5.93. The van der Waals surface area contributed by atoms with E-state index in [2.05, 4.69) is 22.1 Å². The van der Waals surface area contributed by atoms with E-state index in [0.717, 1.165) is 27.6 Å². The molecule has 4 heteroatoms. The predicted octanol–water partition coefficient (Wildman–Crippen LogP) is 2.99. The van der Waals surface area contributed by atoms with E-state index in [1.807, 2.05) is 31.3 Å². The lowest BCUT2D eigenvalue weighted by Crippen LogP contribution is -1.99. The molecule has 0 aliphatic heterocycles. The summed E-state index contributed by atoms with van der Waals surface area (Å²) in [4.78, 5) is 7.19. The van der Waals surface area contributed by atoms with E-state index in [0.29, 0.717) is 5.56 Å². The summed E-state index contributed by atoms with van der Waals surface area (Å²) in [6.45, 7) is 1.93. The van der Waals surface area contributed by atoms with Gasteiger partial charge in [-0.2, -0.15) is 5.26 Å². The summed E-state index contributed by atoms with van der Waals surface area (Å²) >= 11 is 0. The van der Waals surface area contributed by atoms with Gasteiger partial charge in [0.05, 0.1) is 0 Å². The van der Waals surface area contributed by atoms with E-state index >= 15 is 0 Å². The summed E-state index contributed by atoms with van der Waals surface area (Å²) in [5.74, 6) is 0.275. The Labute approximate surface area is 110 Å². The van der Waals surface area contributed by atoms with Crippen molar-refractivity contribution >= 4 is 16.7 Å². The highest BCUT2D eigenvalue weighted by Gasteiger charge is 2.13. The Morgan fingerprint density at radius 1 is 1.32 bits per heavy atom. The van der Waals surface area contributed by atoms with Crippen LogP contribution >= 0.6 is 0 Å². The van der Waals surface area contributed by atoms with Gasteiger partial charge in [0.1, 0.15) is 17.5 Å². The highest BCUT2D eigenvalue weighted by Crippen LogP contribution is 2.31. The van der Waals surface area contributed by atoms with Gasteiger partial charge in [-0.05, 0) is 41.6 Å². The number of hydrogen-bond donors (Lipinski definition) is 2. The molecule has 19 heavy (non-hydrogen) atoms.